The van der Waals surface area contributed by atoms with Crippen LogP contribution in [0.15, 0.2) is 47.6 Å². The van der Waals surface area contributed by atoms with Gasteiger partial charge in [0, 0.05) is 11.6 Å². The molecule has 11 heteroatoms. The van der Waals surface area contributed by atoms with Crippen molar-refractivity contribution < 1.29 is 22.8 Å². The zero-order chi connectivity index (χ0) is 23.5. The van der Waals surface area contributed by atoms with Gasteiger partial charge in [0.15, 0.2) is 22.6 Å². The zero-order valence-corrected chi connectivity index (χ0v) is 18.3. The number of amides is 2. The standard InChI is InChI=1S/C22H20F3N5O2S/c1-12(21(32)26-11-17(31)27-16-10-9-15(23)18(24)19(16)25)33-22-29-28-20(13-7-8-13)30(22)14-5-3-2-4-6-14/h2-6,9-10,12-13H,7-8,11H2,1H3,(H,26,32)(H,27,31)/t12-/m1/s1. The molecule has 1 fully saturated rings. The lowest BCUT2D eigenvalue weighted by atomic mass is 10.2. The van der Waals surface area contributed by atoms with Crippen LogP contribution in [0.1, 0.15) is 31.5 Å². The number of rotatable bonds is 8. The highest BCUT2D eigenvalue weighted by molar-refractivity contribution is 8.00. The molecule has 1 saturated carbocycles. The maximum absolute atomic E-state index is 13.7. The Morgan fingerprint density at radius 3 is 2.52 bits per heavy atom. The molecule has 1 aliphatic rings. The smallest absolute Gasteiger partial charge is 0.243 e. The van der Waals surface area contributed by atoms with E-state index in [0.29, 0.717) is 17.1 Å². The number of para-hydroxylation sites is 1. The molecular formula is C22H20F3N5O2S. The Morgan fingerprint density at radius 1 is 1.09 bits per heavy atom. The van der Waals surface area contributed by atoms with E-state index >= 15 is 0 Å². The van der Waals surface area contributed by atoms with Crippen LogP contribution < -0.4 is 10.6 Å². The molecule has 2 N–H and O–H groups in total. The van der Waals surface area contributed by atoms with E-state index in [1.165, 1.54) is 11.8 Å². The molecule has 33 heavy (non-hydrogen) atoms. The monoisotopic (exact) mass is 475 g/mol. The molecule has 1 aromatic heterocycles. The number of aromatic nitrogens is 3. The maximum Gasteiger partial charge on any atom is 0.243 e. The minimum atomic E-state index is -1.69. The minimum Gasteiger partial charge on any atom is -0.346 e. The minimum absolute atomic E-state index is 0.344. The Morgan fingerprint density at radius 2 is 1.82 bits per heavy atom. The molecule has 0 saturated heterocycles. The van der Waals surface area contributed by atoms with E-state index in [0.717, 1.165) is 30.4 Å². The summed E-state index contributed by atoms with van der Waals surface area (Å²) in [6.07, 6.45) is 2.08. The van der Waals surface area contributed by atoms with Gasteiger partial charge in [-0.25, -0.2) is 13.2 Å². The molecule has 4 rings (SSSR count). The number of carbonyl (C=O) groups is 2. The highest BCUT2D eigenvalue weighted by atomic mass is 32.2. The number of nitrogens with zero attached hydrogens (tertiary/aromatic N) is 3. The maximum atomic E-state index is 13.7. The first-order valence-electron chi connectivity index (χ1n) is 10.2. The van der Waals surface area contributed by atoms with Gasteiger partial charge in [0.25, 0.3) is 0 Å². The third-order valence-corrected chi connectivity index (χ3v) is 6.04. The largest absolute Gasteiger partial charge is 0.346 e. The van der Waals surface area contributed by atoms with Gasteiger partial charge in [-0.3, -0.25) is 14.2 Å². The van der Waals surface area contributed by atoms with Gasteiger partial charge in [0.1, 0.15) is 5.82 Å². The molecule has 0 radical (unpaired) electrons. The Hall–Kier alpha value is -3.34. The number of thioether (sulfide) groups is 1. The Labute approximate surface area is 191 Å². The van der Waals surface area contributed by atoms with Gasteiger partial charge >= 0.3 is 0 Å². The van der Waals surface area contributed by atoms with E-state index in [9.17, 15) is 22.8 Å². The lowest BCUT2D eigenvalue weighted by molar-refractivity contribution is -0.123. The highest BCUT2D eigenvalue weighted by Gasteiger charge is 2.32. The second-order valence-corrected chi connectivity index (χ2v) is 8.84. The van der Waals surface area contributed by atoms with E-state index in [1.807, 2.05) is 34.9 Å². The van der Waals surface area contributed by atoms with Gasteiger partial charge < -0.3 is 10.6 Å². The van der Waals surface area contributed by atoms with Gasteiger partial charge in [0.05, 0.1) is 17.5 Å². The first-order valence-corrected chi connectivity index (χ1v) is 11.1. The van der Waals surface area contributed by atoms with E-state index in [1.54, 1.807) is 6.92 Å². The van der Waals surface area contributed by atoms with Crippen molar-refractivity contribution in [1.82, 2.24) is 20.1 Å². The summed E-state index contributed by atoms with van der Waals surface area (Å²) in [6, 6.07) is 11.2. The van der Waals surface area contributed by atoms with E-state index < -0.39 is 46.7 Å². The van der Waals surface area contributed by atoms with Crippen LogP contribution in [0.5, 0.6) is 0 Å². The Bertz CT molecular complexity index is 1180. The van der Waals surface area contributed by atoms with Crippen molar-refractivity contribution in [3.63, 3.8) is 0 Å². The average molecular weight is 475 g/mol. The number of hydrogen-bond donors (Lipinski definition) is 2. The molecule has 0 aliphatic heterocycles. The summed E-state index contributed by atoms with van der Waals surface area (Å²) < 4.78 is 41.9. The van der Waals surface area contributed by atoms with Crippen LogP contribution in [-0.2, 0) is 9.59 Å². The number of nitrogens with one attached hydrogen (secondary N) is 2. The van der Waals surface area contributed by atoms with Crippen molar-refractivity contribution in [2.75, 3.05) is 11.9 Å². The average Bonchev–Trinajstić information content (AvgIpc) is 3.58. The van der Waals surface area contributed by atoms with Crippen LogP contribution in [0, 0.1) is 17.5 Å². The lowest BCUT2D eigenvalue weighted by Crippen LogP contribution is -2.37. The summed E-state index contributed by atoms with van der Waals surface area (Å²) in [6.45, 7) is 1.19. The molecule has 1 aliphatic carbocycles. The number of carbonyl (C=O) groups excluding carboxylic acids is 2. The predicted molar refractivity (Wildman–Crippen MR) is 117 cm³/mol. The summed E-state index contributed by atoms with van der Waals surface area (Å²) in [5.74, 6) is -4.59. The van der Waals surface area contributed by atoms with Crippen molar-refractivity contribution in [2.45, 2.75) is 36.1 Å². The van der Waals surface area contributed by atoms with Crippen molar-refractivity contribution >= 4 is 29.3 Å². The van der Waals surface area contributed by atoms with Crippen molar-refractivity contribution in [3.8, 4) is 5.69 Å². The fourth-order valence-corrected chi connectivity index (χ4v) is 4.02. The summed E-state index contributed by atoms with van der Waals surface area (Å²) in [7, 11) is 0. The van der Waals surface area contributed by atoms with Crippen LogP contribution in [0.25, 0.3) is 5.69 Å². The summed E-state index contributed by atoms with van der Waals surface area (Å²) in [5.41, 5.74) is 0.381. The molecule has 2 aromatic carbocycles. The van der Waals surface area contributed by atoms with Crippen molar-refractivity contribution in [2.24, 2.45) is 0 Å². The SMILES string of the molecule is C[C@@H](Sc1nnc(C2CC2)n1-c1ccccc1)C(=O)NCC(=O)Nc1ccc(F)c(F)c1F. The molecule has 0 unspecified atom stereocenters. The van der Waals surface area contributed by atoms with E-state index in [-0.39, 0.29) is 0 Å². The third kappa shape index (κ3) is 5.19. The first-order chi connectivity index (χ1) is 15.8. The molecular weight excluding hydrogens is 455 g/mol. The number of benzene rings is 2. The van der Waals surface area contributed by atoms with Crippen molar-refractivity contribution in [1.29, 1.82) is 0 Å². The van der Waals surface area contributed by atoms with Gasteiger partial charge in [-0.2, -0.15) is 0 Å². The summed E-state index contributed by atoms with van der Waals surface area (Å²) in [5, 5.41) is 13.1. The predicted octanol–water partition coefficient (Wildman–Crippen LogP) is 3.80. The van der Waals surface area contributed by atoms with Gasteiger partial charge in [-0.15, -0.1) is 10.2 Å². The second kappa shape index (κ2) is 9.65. The van der Waals surface area contributed by atoms with E-state index in [2.05, 4.69) is 20.8 Å². The van der Waals surface area contributed by atoms with Crippen molar-refractivity contribution in [3.05, 3.63) is 65.7 Å². The van der Waals surface area contributed by atoms with Crippen LogP contribution in [-0.4, -0.2) is 38.4 Å². The molecule has 3 aromatic rings. The molecule has 0 spiro atoms. The number of hydrogen-bond acceptors (Lipinski definition) is 5. The normalized spacial score (nSPS) is 14.1. The topological polar surface area (TPSA) is 88.9 Å². The fraction of sp³-hybridized carbons (Fsp3) is 0.273. The quantitative estimate of drug-likeness (QED) is 0.382. The number of anilines is 1. The van der Waals surface area contributed by atoms with Crippen LogP contribution in [0.4, 0.5) is 18.9 Å². The van der Waals surface area contributed by atoms with Crippen LogP contribution in [0.2, 0.25) is 0 Å². The molecule has 172 valence electrons. The van der Waals surface area contributed by atoms with Gasteiger partial charge in [-0.1, -0.05) is 30.0 Å². The fourth-order valence-electron chi connectivity index (χ4n) is 3.12. The summed E-state index contributed by atoms with van der Waals surface area (Å²) in [4.78, 5) is 24.5. The van der Waals surface area contributed by atoms with E-state index in [4.69, 9.17) is 0 Å². The lowest BCUT2D eigenvalue weighted by Gasteiger charge is -2.14. The molecule has 7 nitrogen and oxygen atoms in total. The highest BCUT2D eigenvalue weighted by Crippen LogP contribution is 2.41. The van der Waals surface area contributed by atoms with Crippen LogP contribution >= 0.6 is 11.8 Å². The molecule has 0 bridgehead atoms. The Balaban J connectivity index is 1.38. The summed E-state index contributed by atoms with van der Waals surface area (Å²) >= 11 is 1.20. The molecule has 1 heterocycles. The first kappa shape index (κ1) is 22.8. The third-order valence-electron chi connectivity index (χ3n) is 5.00. The van der Waals surface area contributed by atoms with Crippen LogP contribution in [0.3, 0.4) is 0 Å². The Kier molecular flexibility index (Phi) is 6.68. The van der Waals surface area contributed by atoms with Gasteiger partial charge in [0.2, 0.25) is 11.8 Å². The molecule has 2 amide bonds. The number of halogens is 3. The van der Waals surface area contributed by atoms with Gasteiger partial charge in [-0.05, 0) is 44.0 Å². The molecule has 1 atom stereocenters. The zero-order valence-electron chi connectivity index (χ0n) is 17.5. The second-order valence-electron chi connectivity index (χ2n) is 7.53.